The van der Waals surface area contributed by atoms with Gasteiger partial charge in [0.05, 0.1) is 6.04 Å². The highest BCUT2D eigenvalue weighted by atomic mass is 16.2. The van der Waals surface area contributed by atoms with Crippen LogP contribution in [0.5, 0.6) is 0 Å². The van der Waals surface area contributed by atoms with Gasteiger partial charge in [-0.3, -0.25) is 4.79 Å². The minimum Gasteiger partial charge on any atom is -0.340 e. The van der Waals surface area contributed by atoms with Gasteiger partial charge < -0.3 is 15.5 Å². The summed E-state index contributed by atoms with van der Waals surface area (Å²) < 4.78 is 0. The lowest BCUT2D eigenvalue weighted by Crippen LogP contribution is -2.51. The molecule has 1 fully saturated rings. The number of likely N-dealkylation sites (N-methyl/N-ethyl adjacent to an activating group) is 1. The quantitative estimate of drug-likeness (QED) is 0.710. The van der Waals surface area contributed by atoms with Gasteiger partial charge >= 0.3 is 0 Å². The van der Waals surface area contributed by atoms with E-state index >= 15 is 0 Å². The van der Waals surface area contributed by atoms with Gasteiger partial charge in [0.25, 0.3) is 0 Å². The third kappa shape index (κ3) is 3.46. The average molecular weight is 227 g/mol. The van der Waals surface area contributed by atoms with Crippen LogP contribution < -0.4 is 5.73 Å². The van der Waals surface area contributed by atoms with Crippen LogP contribution in [-0.2, 0) is 4.79 Å². The molecule has 2 N–H and O–H groups in total. The maximum absolute atomic E-state index is 12.2. The molecule has 1 rings (SSSR count). The van der Waals surface area contributed by atoms with Crippen molar-refractivity contribution in [2.24, 2.45) is 11.1 Å². The van der Waals surface area contributed by atoms with Crippen molar-refractivity contribution in [1.29, 1.82) is 0 Å². The average Bonchev–Trinajstić information content (AvgIpc) is 2.39. The van der Waals surface area contributed by atoms with Gasteiger partial charge in [0.15, 0.2) is 0 Å². The molecule has 0 spiro atoms. The van der Waals surface area contributed by atoms with Crippen LogP contribution in [0.1, 0.15) is 27.2 Å². The van der Waals surface area contributed by atoms with E-state index in [1.54, 1.807) is 0 Å². The van der Waals surface area contributed by atoms with E-state index in [4.69, 9.17) is 5.73 Å². The van der Waals surface area contributed by atoms with Crippen molar-refractivity contribution in [2.45, 2.75) is 33.2 Å². The Morgan fingerprint density at radius 1 is 1.19 bits per heavy atom. The Bertz CT molecular complexity index is 247. The van der Waals surface area contributed by atoms with Crippen LogP contribution in [-0.4, -0.2) is 55.0 Å². The molecule has 16 heavy (non-hydrogen) atoms. The lowest BCUT2D eigenvalue weighted by molar-refractivity contribution is -0.134. The summed E-state index contributed by atoms with van der Waals surface area (Å²) in [6.07, 6.45) is 1.04. The highest BCUT2D eigenvalue weighted by Crippen LogP contribution is 2.19. The molecule has 0 saturated carbocycles. The molecule has 4 nitrogen and oxygen atoms in total. The van der Waals surface area contributed by atoms with Gasteiger partial charge in [0.1, 0.15) is 0 Å². The first kappa shape index (κ1) is 13.5. The minimum absolute atomic E-state index is 0.0998. The first-order valence-corrected chi connectivity index (χ1v) is 6.05. The zero-order chi connectivity index (χ0) is 12.3. The fourth-order valence-corrected chi connectivity index (χ4v) is 1.83. The molecule has 1 heterocycles. The largest absolute Gasteiger partial charge is 0.340 e. The highest BCUT2D eigenvalue weighted by molar-refractivity contribution is 5.82. The standard InChI is InChI=1S/C12H25N3O/c1-12(2,3)10(13)11(16)15-7-5-6-14(4)8-9-15/h10H,5-9,13H2,1-4H3/t10-/m0/s1. The molecule has 0 aromatic heterocycles. The van der Waals surface area contributed by atoms with E-state index in [1.807, 2.05) is 25.7 Å². The summed E-state index contributed by atoms with van der Waals surface area (Å²) in [6, 6.07) is -0.393. The monoisotopic (exact) mass is 227 g/mol. The number of hydrogen-bond acceptors (Lipinski definition) is 3. The number of amides is 1. The van der Waals surface area contributed by atoms with Gasteiger partial charge in [-0.15, -0.1) is 0 Å². The summed E-state index contributed by atoms with van der Waals surface area (Å²) in [6.45, 7) is 9.70. The zero-order valence-electron chi connectivity index (χ0n) is 11.0. The van der Waals surface area contributed by atoms with Crippen molar-refractivity contribution in [3.8, 4) is 0 Å². The van der Waals surface area contributed by atoms with Crippen molar-refractivity contribution >= 4 is 5.91 Å². The minimum atomic E-state index is -0.393. The number of carbonyl (C=O) groups excluding carboxylic acids is 1. The third-order valence-corrected chi connectivity index (χ3v) is 3.23. The molecular weight excluding hydrogens is 202 g/mol. The van der Waals surface area contributed by atoms with Crippen LogP contribution in [0.4, 0.5) is 0 Å². The van der Waals surface area contributed by atoms with Gasteiger partial charge in [0.2, 0.25) is 5.91 Å². The van der Waals surface area contributed by atoms with Crippen LogP contribution in [0.15, 0.2) is 0 Å². The highest BCUT2D eigenvalue weighted by Gasteiger charge is 2.31. The maximum Gasteiger partial charge on any atom is 0.240 e. The predicted molar refractivity (Wildman–Crippen MR) is 66.1 cm³/mol. The Kier molecular flexibility index (Phi) is 4.33. The molecule has 0 aromatic rings. The fraction of sp³-hybridized carbons (Fsp3) is 0.917. The van der Waals surface area contributed by atoms with Crippen LogP contribution >= 0.6 is 0 Å². The molecule has 0 radical (unpaired) electrons. The molecule has 1 aliphatic heterocycles. The second kappa shape index (κ2) is 5.15. The van der Waals surface area contributed by atoms with Crippen molar-refractivity contribution < 1.29 is 4.79 Å². The summed E-state index contributed by atoms with van der Waals surface area (Å²) in [5.41, 5.74) is 5.85. The number of rotatable bonds is 1. The van der Waals surface area contributed by atoms with Crippen molar-refractivity contribution in [3.63, 3.8) is 0 Å². The Balaban J connectivity index is 2.60. The first-order valence-electron chi connectivity index (χ1n) is 6.05. The SMILES string of the molecule is CN1CCCN(C(=O)[C@H](N)C(C)(C)C)CC1. The molecule has 0 aliphatic carbocycles. The van der Waals surface area contributed by atoms with Crippen LogP contribution in [0, 0.1) is 5.41 Å². The summed E-state index contributed by atoms with van der Waals surface area (Å²) in [7, 11) is 2.09. The maximum atomic E-state index is 12.2. The second-order valence-corrected chi connectivity index (χ2v) is 5.83. The Hall–Kier alpha value is -0.610. The number of nitrogens with two attached hydrogens (primary N) is 1. The fourth-order valence-electron chi connectivity index (χ4n) is 1.83. The molecule has 1 saturated heterocycles. The Morgan fingerprint density at radius 3 is 2.38 bits per heavy atom. The molecule has 0 bridgehead atoms. The van der Waals surface area contributed by atoms with Gasteiger partial charge in [-0.25, -0.2) is 0 Å². The molecule has 1 amide bonds. The van der Waals surface area contributed by atoms with E-state index < -0.39 is 6.04 Å². The predicted octanol–water partition coefficient (Wildman–Crippen LogP) is 0.524. The van der Waals surface area contributed by atoms with Crippen LogP contribution in [0.2, 0.25) is 0 Å². The van der Waals surface area contributed by atoms with E-state index in [0.29, 0.717) is 0 Å². The summed E-state index contributed by atoms with van der Waals surface area (Å²) in [5, 5.41) is 0. The number of nitrogens with zero attached hydrogens (tertiary/aromatic N) is 2. The van der Waals surface area contributed by atoms with Crippen LogP contribution in [0.3, 0.4) is 0 Å². The van der Waals surface area contributed by atoms with Crippen molar-refractivity contribution in [3.05, 3.63) is 0 Å². The first-order chi connectivity index (χ1) is 7.32. The van der Waals surface area contributed by atoms with E-state index in [0.717, 1.165) is 32.6 Å². The molecule has 4 heteroatoms. The second-order valence-electron chi connectivity index (χ2n) is 5.83. The third-order valence-electron chi connectivity index (χ3n) is 3.23. The van der Waals surface area contributed by atoms with E-state index in [9.17, 15) is 4.79 Å². The van der Waals surface area contributed by atoms with E-state index in [2.05, 4.69) is 11.9 Å². The molecule has 1 atom stereocenters. The molecular formula is C12H25N3O. The molecule has 0 unspecified atom stereocenters. The Labute approximate surface area is 98.8 Å². The van der Waals surface area contributed by atoms with Crippen molar-refractivity contribution in [1.82, 2.24) is 9.80 Å². The normalized spacial score (nSPS) is 21.7. The Morgan fingerprint density at radius 2 is 1.81 bits per heavy atom. The topological polar surface area (TPSA) is 49.6 Å². The van der Waals surface area contributed by atoms with Gasteiger partial charge in [-0.1, -0.05) is 20.8 Å². The van der Waals surface area contributed by atoms with Crippen molar-refractivity contribution in [2.75, 3.05) is 33.2 Å². The molecule has 1 aliphatic rings. The van der Waals surface area contributed by atoms with E-state index in [1.165, 1.54) is 0 Å². The van der Waals surface area contributed by atoms with Crippen LogP contribution in [0.25, 0.3) is 0 Å². The lowest BCUT2D eigenvalue weighted by Gasteiger charge is -2.31. The smallest absolute Gasteiger partial charge is 0.240 e. The number of hydrogen-bond donors (Lipinski definition) is 1. The molecule has 94 valence electrons. The molecule has 0 aromatic carbocycles. The summed E-state index contributed by atoms with van der Waals surface area (Å²) >= 11 is 0. The summed E-state index contributed by atoms with van der Waals surface area (Å²) in [4.78, 5) is 16.4. The number of carbonyl (C=O) groups is 1. The zero-order valence-corrected chi connectivity index (χ0v) is 11.0. The van der Waals surface area contributed by atoms with Gasteiger partial charge in [-0.05, 0) is 25.4 Å². The lowest BCUT2D eigenvalue weighted by atomic mass is 9.86. The van der Waals surface area contributed by atoms with Gasteiger partial charge in [-0.2, -0.15) is 0 Å². The summed E-state index contributed by atoms with van der Waals surface area (Å²) in [5.74, 6) is 0.0998. The van der Waals surface area contributed by atoms with Gasteiger partial charge in [0, 0.05) is 19.6 Å². The van der Waals surface area contributed by atoms with E-state index in [-0.39, 0.29) is 11.3 Å².